The summed E-state index contributed by atoms with van der Waals surface area (Å²) in [7, 11) is 1.59. The van der Waals surface area contributed by atoms with Crippen LogP contribution in [0.4, 0.5) is 23.7 Å². The molecule has 220 valence electrons. The highest BCUT2D eigenvalue weighted by Gasteiger charge is 2.49. The Morgan fingerprint density at radius 2 is 1.60 bits per heavy atom. The molecule has 42 heavy (non-hydrogen) atoms. The predicted molar refractivity (Wildman–Crippen MR) is 158 cm³/mol. The van der Waals surface area contributed by atoms with Gasteiger partial charge in [-0.05, 0) is 73.5 Å². The molecule has 3 aromatic rings. The minimum Gasteiger partial charge on any atom is -0.497 e. The van der Waals surface area contributed by atoms with Crippen molar-refractivity contribution in [1.82, 2.24) is 15.1 Å². The van der Waals surface area contributed by atoms with E-state index < -0.39 is 12.7 Å². The lowest BCUT2D eigenvalue weighted by Gasteiger charge is -2.57. The van der Waals surface area contributed by atoms with Crippen LogP contribution in [0.2, 0.25) is 0 Å². The number of ether oxygens (including phenoxy) is 1. The lowest BCUT2D eigenvalue weighted by molar-refractivity contribution is -0.127. The molecule has 0 saturated carbocycles. The molecule has 0 unspecified atom stereocenters. The zero-order valence-electron chi connectivity index (χ0n) is 23.5. The highest BCUT2D eigenvalue weighted by Crippen LogP contribution is 2.42. The molecule has 2 aliphatic heterocycles. The minimum atomic E-state index is -4.27. The number of amides is 2. The Bertz CT molecular complexity index is 1390. The van der Waals surface area contributed by atoms with Gasteiger partial charge >= 0.3 is 12.2 Å². The summed E-state index contributed by atoms with van der Waals surface area (Å²) in [5, 5.41) is 5.61. The van der Waals surface area contributed by atoms with E-state index >= 15 is 0 Å². The highest BCUT2D eigenvalue weighted by atomic mass is 19.4. The van der Waals surface area contributed by atoms with Crippen molar-refractivity contribution in [2.24, 2.45) is 0 Å². The largest absolute Gasteiger partial charge is 0.497 e. The molecule has 0 radical (unpaired) electrons. The fraction of sp³-hybridized carbons (Fsp3) is 0.364. The van der Waals surface area contributed by atoms with Gasteiger partial charge < -0.3 is 20.3 Å². The maximum atomic E-state index is 13.3. The van der Waals surface area contributed by atoms with Gasteiger partial charge in [-0.1, -0.05) is 42.2 Å². The number of alkyl halides is 3. The Kier molecular flexibility index (Phi) is 9.35. The summed E-state index contributed by atoms with van der Waals surface area (Å²) in [6, 6.07) is 24.6. The van der Waals surface area contributed by atoms with Crippen LogP contribution in [0.25, 0.3) is 0 Å². The monoisotopic (exact) mass is 576 g/mol. The van der Waals surface area contributed by atoms with Gasteiger partial charge in [-0.15, -0.1) is 0 Å². The molecule has 2 heterocycles. The van der Waals surface area contributed by atoms with E-state index in [0.29, 0.717) is 24.5 Å². The molecule has 2 fully saturated rings. The smallest absolute Gasteiger partial charge is 0.401 e. The first-order valence-corrected chi connectivity index (χ1v) is 14.2. The molecular formula is C33H35F3N4O2. The number of halogens is 3. The molecule has 2 amide bonds. The highest BCUT2D eigenvalue weighted by molar-refractivity contribution is 5.89. The zero-order chi connectivity index (χ0) is 29.5. The van der Waals surface area contributed by atoms with E-state index in [-0.39, 0.29) is 30.6 Å². The Labute approximate surface area is 244 Å². The van der Waals surface area contributed by atoms with E-state index in [0.717, 1.165) is 36.1 Å². The Morgan fingerprint density at radius 3 is 2.26 bits per heavy atom. The molecular weight excluding hydrogens is 541 g/mol. The van der Waals surface area contributed by atoms with Crippen molar-refractivity contribution in [1.29, 1.82) is 0 Å². The van der Waals surface area contributed by atoms with Gasteiger partial charge in [0.2, 0.25) is 0 Å². The van der Waals surface area contributed by atoms with Crippen molar-refractivity contribution in [3.8, 4) is 17.6 Å². The topological polar surface area (TPSA) is 56.8 Å². The van der Waals surface area contributed by atoms with E-state index in [2.05, 4.69) is 27.4 Å². The maximum absolute atomic E-state index is 13.3. The van der Waals surface area contributed by atoms with Gasteiger partial charge in [-0.2, -0.15) is 13.2 Å². The second kappa shape index (κ2) is 13.3. The first kappa shape index (κ1) is 29.5. The maximum Gasteiger partial charge on any atom is 0.401 e. The molecule has 2 N–H and O–H groups in total. The molecule has 0 aromatic heterocycles. The Hall–Kier alpha value is -4.00. The van der Waals surface area contributed by atoms with Gasteiger partial charge in [0.15, 0.2) is 0 Å². The van der Waals surface area contributed by atoms with Gasteiger partial charge in [-0.3, -0.25) is 4.90 Å². The van der Waals surface area contributed by atoms with Crippen molar-refractivity contribution in [3.63, 3.8) is 0 Å². The summed E-state index contributed by atoms with van der Waals surface area (Å²) in [4.78, 5) is 17.4. The number of anilines is 1. The van der Waals surface area contributed by atoms with Crippen LogP contribution in [0.5, 0.6) is 5.75 Å². The summed E-state index contributed by atoms with van der Waals surface area (Å²) >= 11 is 0. The van der Waals surface area contributed by atoms with Crippen molar-refractivity contribution in [2.45, 2.75) is 37.0 Å². The third kappa shape index (κ3) is 7.44. The van der Waals surface area contributed by atoms with Gasteiger partial charge in [0.1, 0.15) is 5.75 Å². The molecule has 0 spiro atoms. The zero-order valence-corrected chi connectivity index (χ0v) is 23.5. The second-order valence-corrected chi connectivity index (χ2v) is 10.7. The van der Waals surface area contributed by atoms with Gasteiger partial charge in [0.25, 0.3) is 0 Å². The van der Waals surface area contributed by atoms with E-state index in [1.807, 2.05) is 59.5 Å². The first-order valence-electron chi connectivity index (χ1n) is 14.2. The average molecular weight is 577 g/mol. The van der Waals surface area contributed by atoms with Crippen LogP contribution in [0.3, 0.4) is 0 Å². The molecule has 9 heteroatoms. The third-order valence-electron chi connectivity index (χ3n) is 7.91. The minimum absolute atomic E-state index is 0.00847. The number of methoxy groups -OCH3 is 1. The molecule has 3 aromatic carbocycles. The van der Waals surface area contributed by atoms with Crippen LogP contribution < -0.4 is 15.4 Å². The predicted octanol–water partition coefficient (Wildman–Crippen LogP) is 5.71. The quantitative estimate of drug-likeness (QED) is 0.369. The van der Waals surface area contributed by atoms with Crippen LogP contribution in [0.15, 0.2) is 78.9 Å². The molecule has 2 aliphatic rings. The van der Waals surface area contributed by atoms with Gasteiger partial charge in [0.05, 0.1) is 13.7 Å². The number of nitrogens with one attached hydrogen (secondary N) is 2. The van der Waals surface area contributed by atoms with E-state index in [9.17, 15) is 18.0 Å². The third-order valence-corrected chi connectivity index (χ3v) is 7.91. The first-order chi connectivity index (χ1) is 20.3. The van der Waals surface area contributed by atoms with Crippen molar-refractivity contribution < 1.29 is 22.7 Å². The number of benzene rings is 3. The van der Waals surface area contributed by atoms with E-state index in [4.69, 9.17) is 4.74 Å². The van der Waals surface area contributed by atoms with E-state index in [1.54, 1.807) is 31.4 Å². The number of hydrogen-bond acceptors (Lipinski definition) is 4. The van der Waals surface area contributed by atoms with Crippen molar-refractivity contribution in [2.75, 3.05) is 45.2 Å². The molecule has 0 aliphatic carbocycles. The number of hydrogen-bond donors (Lipinski definition) is 2. The number of nitrogens with zero attached hydrogens (tertiary/aromatic N) is 2. The van der Waals surface area contributed by atoms with Gasteiger partial charge in [-0.25, -0.2) is 4.79 Å². The summed E-state index contributed by atoms with van der Waals surface area (Å²) in [6.07, 6.45) is -2.59. The lowest BCUT2D eigenvalue weighted by Crippen LogP contribution is -2.69. The average Bonchev–Trinajstić information content (AvgIpc) is 2.97. The summed E-state index contributed by atoms with van der Waals surface area (Å²) in [5.74, 6) is 7.02. The Morgan fingerprint density at radius 1 is 0.929 bits per heavy atom. The van der Waals surface area contributed by atoms with Crippen LogP contribution in [0.1, 0.15) is 35.4 Å². The number of fused-ring (bicyclic) bond motifs is 1. The van der Waals surface area contributed by atoms with Crippen LogP contribution >= 0.6 is 0 Å². The normalized spacial score (nSPS) is 20.7. The molecule has 5 rings (SSSR count). The van der Waals surface area contributed by atoms with Crippen LogP contribution in [0, 0.1) is 11.8 Å². The van der Waals surface area contributed by atoms with Gasteiger partial charge in [0, 0.05) is 54.5 Å². The van der Waals surface area contributed by atoms with E-state index in [1.165, 1.54) is 0 Å². The summed E-state index contributed by atoms with van der Waals surface area (Å²) in [5.41, 5.74) is 3.50. The standard InChI is InChI=1S/C33H35F3N4O2/c1-42-28-17-15-27(16-18-28)38-32(41)39-19-5-6-20-40-29(21-37-23-33(34,35)36)31(30(40)22-39)26-13-11-25(12-14-26)10-9-24-7-3-2-4-8-24/h2-4,7-8,11-18,29-31,37H,5-6,19-23H2,1H3,(H,38,41)/t29-,30+,31+/m1/s1. The fourth-order valence-corrected chi connectivity index (χ4v) is 5.84. The van der Waals surface area contributed by atoms with Crippen molar-refractivity contribution in [3.05, 3.63) is 95.6 Å². The number of rotatable bonds is 6. The summed E-state index contributed by atoms with van der Waals surface area (Å²) in [6.45, 7) is 1.07. The molecule has 0 bridgehead atoms. The molecule has 3 atom stereocenters. The number of urea groups is 1. The van der Waals surface area contributed by atoms with Crippen LogP contribution in [-0.2, 0) is 0 Å². The summed E-state index contributed by atoms with van der Waals surface area (Å²) < 4.78 is 44.1. The number of carbonyl (C=O) groups is 1. The Balaban J connectivity index is 1.33. The SMILES string of the molecule is COc1ccc(NC(=O)N2CCCCN3[C@H](CNCC(F)(F)F)[C@H](c4ccc(C#Cc5ccccc5)cc4)[C@@H]3C2)cc1. The van der Waals surface area contributed by atoms with Crippen molar-refractivity contribution >= 4 is 11.7 Å². The second-order valence-electron chi connectivity index (χ2n) is 10.7. The fourth-order valence-electron chi connectivity index (χ4n) is 5.84. The molecule has 2 saturated heterocycles. The molecule has 6 nitrogen and oxygen atoms in total. The van der Waals surface area contributed by atoms with Crippen LogP contribution in [-0.4, -0.2) is 73.9 Å². The number of carbonyl (C=O) groups excluding carboxylic acids is 1. The lowest BCUT2D eigenvalue weighted by atomic mass is 9.73.